The highest BCUT2D eigenvalue weighted by molar-refractivity contribution is 7.89. The molecule has 2 aromatic carbocycles. The number of esters is 1. The molecule has 2 unspecified atom stereocenters. The van der Waals surface area contributed by atoms with Crippen molar-refractivity contribution in [1.29, 1.82) is 0 Å². The number of rotatable bonds is 6. The molecule has 2 atom stereocenters. The number of sulfonamides is 1. The summed E-state index contributed by atoms with van der Waals surface area (Å²) in [5.74, 6) is -4.60. The summed E-state index contributed by atoms with van der Waals surface area (Å²) in [6.45, 7) is 2.02. The van der Waals surface area contributed by atoms with Crippen molar-refractivity contribution in [2.24, 2.45) is 0 Å². The van der Waals surface area contributed by atoms with Gasteiger partial charge in [-0.2, -0.15) is 4.31 Å². The van der Waals surface area contributed by atoms with Gasteiger partial charge in [0.25, 0.3) is 0 Å². The van der Waals surface area contributed by atoms with Gasteiger partial charge < -0.3 is 14.8 Å². The second kappa shape index (κ2) is 8.38. The highest BCUT2D eigenvalue weighted by Gasteiger charge is 2.60. The minimum Gasteiger partial charge on any atom is -0.465 e. The Morgan fingerprint density at radius 3 is 2.47 bits per heavy atom. The van der Waals surface area contributed by atoms with Crippen LogP contribution in [0.5, 0.6) is 11.5 Å². The summed E-state index contributed by atoms with van der Waals surface area (Å²) in [4.78, 5) is 12.1. The number of benzene rings is 2. The Morgan fingerprint density at radius 2 is 1.84 bits per heavy atom. The Balaban J connectivity index is 1.71. The lowest BCUT2D eigenvalue weighted by Crippen LogP contribution is -2.66. The van der Waals surface area contributed by atoms with Crippen LogP contribution in [0.3, 0.4) is 0 Å². The molecular weight excluding hydrogens is 449 g/mol. The topological polar surface area (TPSA) is 84.9 Å². The third-order valence-corrected chi connectivity index (χ3v) is 7.66. The molecule has 0 saturated carbocycles. The Hall–Kier alpha value is -2.63. The van der Waals surface area contributed by atoms with E-state index in [0.29, 0.717) is 25.1 Å². The molecule has 11 heteroatoms. The monoisotopic (exact) mass is 470 g/mol. The standard InChI is InChI=1S/C21H21F3N2O5S/c1-2-30-20(27)21-8-7-14(11-25-12-21)26(21)32(28,29)16-9-17(23)19(18(24)10-16)31-15-5-3-13(22)4-6-15/h3-6,9-10,14,25H,2,7-8,11-12H2,1H3. The molecule has 0 radical (unpaired) electrons. The van der Waals surface area contributed by atoms with Crippen LogP contribution in [0.1, 0.15) is 19.8 Å². The molecule has 2 saturated heterocycles. The summed E-state index contributed by atoms with van der Waals surface area (Å²) >= 11 is 0. The van der Waals surface area contributed by atoms with E-state index in [0.717, 1.165) is 16.4 Å². The molecule has 0 aliphatic carbocycles. The van der Waals surface area contributed by atoms with Crippen LogP contribution in [-0.4, -0.2) is 50.0 Å². The largest absolute Gasteiger partial charge is 0.465 e. The van der Waals surface area contributed by atoms with Crippen LogP contribution in [0.2, 0.25) is 0 Å². The number of fused-ring (bicyclic) bond motifs is 2. The van der Waals surface area contributed by atoms with E-state index in [1.54, 1.807) is 6.92 Å². The van der Waals surface area contributed by atoms with E-state index in [2.05, 4.69) is 5.32 Å². The fraction of sp³-hybridized carbons (Fsp3) is 0.381. The fourth-order valence-corrected chi connectivity index (χ4v) is 6.25. The van der Waals surface area contributed by atoms with Gasteiger partial charge in [0.2, 0.25) is 10.0 Å². The van der Waals surface area contributed by atoms with Crippen molar-refractivity contribution >= 4 is 16.0 Å². The van der Waals surface area contributed by atoms with E-state index in [4.69, 9.17) is 9.47 Å². The van der Waals surface area contributed by atoms with Crippen molar-refractivity contribution in [3.05, 3.63) is 53.8 Å². The predicted octanol–water partition coefficient (Wildman–Crippen LogP) is 2.95. The van der Waals surface area contributed by atoms with Crippen LogP contribution in [0.25, 0.3) is 0 Å². The van der Waals surface area contributed by atoms with Gasteiger partial charge in [-0.15, -0.1) is 0 Å². The maximum absolute atomic E-state index is 14.7. The van der Waals surface area contributed by atoms with E-state index in [-0.39, 0.29) is 25.3 Å². The quantitative estimate of drug-likeness (QED) is 0.654. The number of ether oxygens (including phenoxy) is 2. The zero-order valence-electron chi connectivity index (χ0n) is 17.1. The Kier molecular flexibility index (Phi) is 5.91. The lowest BCUT2D eigenvalue weighted by Gasteiger charge is -2.41. The molecule has 2 heterocycles. The first-order chi connectivity index (χ1) is 15.2. The van der Waals surface area contributed by atoms with Crippen molar-refractivity contribution in [2.45, 2.75) is 36.2 Å². The number of nitrogens with one attached hydrogen (secondary N) is 1. The summed E-state index contributed by atoms with van der Waals surface area (Å²) in [5.41, 5.74) is -1.48. The van der Waals surface area contributed by atoms with Gasteiger partial charge in [-0.05, 0) is 56.2 Å². The zero-order valence-corrected chi connectivity index (χ0v) is 17.9. The van der Waals surface area contributed by atoms with Gasteiger partial charge in [0, 0.05) is 19.1 Å². The molecule has 172 valence electrons. The summed E-state index contributed by atoms with van der Waals surface area (Å²) in [5, 5.41) is 3.04. The average Bonchev–Trinajstić information content (AvgIpc) is 3.00. The van der Waals surface area contributed by atoms with Crippen LogP contribution in [0.4, 0.5) is 13.2 Å². The number of carbonyl (C=O) groups is 1. The van der Waals surface area contributed by atoms with Crippen molar-refractivity contribution in [3.8, 4) is 11.5 Å². The fourth-order valence-electron chi connectivity index (χ4n) is 4.25. The first-order valence-electron chi connectivity index (χ1n) is 10.0. The van der Waals surface area contributed by atoms with Crippen molar-refractivity contribution in [1.82, 2.24) is 9.62 Å². The molecular formula is C21H21F3N2O5S. The van der Waals surface area contributed by atoms with E-state index >= 15 is 0 Å². The van der Waals surface area contributed by atoms with Gasteiger partial charge in [0.05, 0.1) is 11.5 Å². The molecule has 0 spiro atoms. The van der Waals surface area contributed by atoms with E-state index in [1.807, 2.05) is 0 Å². The SMILES string of the molecule is CCOC(=O)C12CCC(CNC1)N2S(=O)(=O)c1cc(F)c(Oc2ccc(F)cc2)c(F)c1. The first-order valence-corrected chi connectivity index (χ1v) is 11.5. The van der Waals surface area contributed by atoms with Crippen molar-refractivity contribution in [3.63, 3.8) is 0 Å². The Bertz CT molecular complexity index is 1120. The lowest BCUT2D eigenvalue weighted by atomic mass is 9.98. The van der Waals surface area contributed by atoms with Gasteiger partial charge >= 0.3 is 5.97 Å². The second-order valence-corrected chi connectivity index (χ2v) is 9.46. The summed E-state index contributed by atoms with van der Waals surface area (Å²) in [7, 11) is -4.45. The minimum atomic E-state index is -4.45. The van der Waals surface area contributed by atoms with Gasteiger partial charge in [-0.25, -0.2) is 26.4 Å². The molecule has 2 fully saturated rings. The maximum Gasteiger partial charge on any atom is 0.328 e. The molecule has 0 aromatic heterocycles. The summed E-state index contributed by atoms with van der Waals surface area (Å²) < 4.78 is 80.7. The van der Waals surface area contributed by atoms with Crippen molar-refractivity contribution < 1.29 is 35.9 Å². The summed E-state index contributed by atoms with van der Waals surface area (Å²) in [6, 6.07) is 5.22. The first kappa shape index (κ1) is 22.6. The molecule has 2 aromatic rings. The highest BCUT2D eigenvalue weighted by atomic mass is 32.2. The predicted molar refractivity (Wildman–Crippen MR) is 107 cm³/mol. The molecule has 2 aliphatic heterocycles. The number of hydrogen-bond donors (Lipinski definition) is 1. The molecule has 2 aliphatic rings. The van der Waals surface area contributed by atoms with Gasteiger partial charge in [0.1, 0.15) is 17.1 Å². The van der Waals surface area contributed by atoms with E-state index in [9.17, 15) is 26.4 Å². The number of hydrogen-bond acceptors (Lipinski definition) is 6. The number of piperazine rings is 1. The number of carbonyl (C=O) groups excluding carboxylic acids is 1. The molecule has 32 heavy (non-hydrogen) atoms. The van der Waals surface area contributed by atoms with Crippen LogP contribution >= 0.6 is 0 Å². The average molecular weight is 470 g/mol. The van der Waals surface area contributed by atoms with Gasteiger partial charge in [-0.1, -0.05) is 0 Å². The Morgan fingerprint density at radius 1 is 1.19 bits per heavy atom. The third-order valence-electron chi connectivity index (χ3n) is 5.66. The van der Waals surface area contributed by atoms with Crippen LogP contribution < -0.4 is 10.1 Å². The van der Waals surface area contributed by atoms with Gasteiger partial charge in [0.15, 0.2) is 17.4 Å². The summed E-state index contributed by atoms with van der Waals surface area (Å²) in [6.07, 6.45) is 0.640. The lowest BCUT2D eigenvalue weighted by molar-refractivity contribution is -0.154. The highest BCUT2D eigenvalue weighted by Crippen LogP contribution is 2.42. The Labute approximate surface area is 183 Å². The molecule has 0 amide bonds. The molecule has 7 nitrogen and oxygen atoms in total. The zero-order chi connectivity index (χ0) is 23.1. The second-order valence-electron chi connectivity index (χ2n) is 7.65. The van der Waals surface area contributed by atoms with Crippen molar-refractivity contribution in [2.75, 3.05) is 19.7 Å². The van der Waals surface area contributed by atoms with E-state index in [1.165, 1.54) is 12.1 Å². The molecule has 2 bridgehead atoms. The van der Waals surface area contributed by atoms with Crippen LogP contribution in [-0.2, 0) is 19.6 Å². The smallest absolute Gasteiger partial charge is 0.328 e. The minimum absolute atomic E-state index is 0.0266. The number of nitrogens with zero attached hydrogens (tertiary/aromatic N) is 1. The normalized spacial score (nSPS) is 23.2. The van der Waals surface area contributed by atoms with Gasteiger partial charge in [-0.3, -0.25) is 0 Å². The van der Waals surface area contributed by atoms with E-state index < -0.39 is 55.7 Å². The molecule has 1 N–H and O–H groups in total. The molecule has 4 rings (SSSR count). The van der Waals surface area contributed by atoms with Crippen LogP contribution in [0, 0.1) is 17.5 Å². The number of halogens is 3. The van der Waals surface area contributed by atoms with Crippen LogP contribution in [0.15, 0.2) is 41.3 Å². The third kappa shape index (κ3) is 3.74. The maximum atomic E-state index is 14.7.